The van der Waals surface area contributed by atoms with Gasteiger partial charge in [-0.2, -0.15) is 5.10 Å². The van der Waals surface area contributed by atoms with Crippen molar-refractivity contribution < 1.29 is 4.79 Å². The summed E-state index contributed by atoms with van der Waals surface area (Å²) in [5.74, 6) is -0.194. The molecule has 0 aliphatic carbocycles. The van der Waals surface area contributed by atoms with Crippen molar-refractivity contribution in [3.63, 3.8) is 0 Å². The van der Waals surface area contributed by atoms with Gasteiger partial charge in [0.2, 0.25) is 0 Å². The first-order valence-electron chi connectivity index (χ1n) is 9.72. The minimum Gasteiger partial charge on any atom is -0.349 e. The van der Waals surface area contributed by atoms with E-state index in [9.17, 15) is 4.79 Å². The van der Waals surface area contributed by atoms with Crippen LogP contribution in [0.2, 0.25) is 0 Å². The molecule has 148 valence electrons. The van der Waals surface area contributed by atoms with Gasteiger partial charge in [-0.3, -0.25) is 19.1 Å². The van der Waals surface area contributed by atoms with Gasteiger partial charge < -0.3 is 10.6 Å². The summed E-state index contributed by atoms with van der Waals surface area (Å²) in [6.07, 6.45) is 2.69. The SMILES string of the molecule is CCc1c(C)nn(CCNC(=O)c2cn(CCN3CCNCC3)nn2)c1C. The zero-order chi connectivity index (χ0) is 19.2. The molecule has 2 aromatic rings. The van der Waals surface area contributed by atoms with E-state index in [0.717, 1.165) is 51.4 Å². The number of rotatable bonds is 8. The molecular weight excluding hydrogens is 344 g/mol. The molecule has 1 aliphatic rings. The molecule has 0 atom stereocenters. The summed E-state index contributed by atoms with van der Waals surface area (Å²) in [6, 6.07) is 0. The maximum atomic E-state index is 12.3. The van der Waals surface area contributed by atoms with Crippen molar-refractivity contribution in [2.45, 2.75) is 40.3 Å². The molecule has 3 rings (SSSR count). The van der Waals surface area contributed by atoms with Crippen LogP contribution in [0.1, 0.15) is 34.4 Å². The van der Waals surface area contributed by atoms with Crippen molar-refractivity contribution >= 4 is 5.91 Å². The van der Waals surface area contributed by atoms with Gasteiger partial charge in [0.1, 0.15) is 0 Å². The van der Waals surface area contributed by atoms with Crippen molar-refractivity contribution in [3.05, 3.63) is 28.8 Å². The molecule has 0 saturated carbocycles. The third-order valence-corrected chi connectivity index (χ3v) is 5.12. The first-order valence-corrected chi connectivity index (χ1v) is 9.72. The third-order valence-electron chi connectivity index (χ3n) is 5.12. The number of amides is 1. The van der Waals surface area contributed by atoms with E-state index < -0.39 is 0 Å². The zero-order valence-corrected chi connectivity index (χ0v) is 16.5. The lowest BCUT2D eigenvalue weighted by Crippen LogP contribution is -2.44. The lowest BCUT2D eigenvalue weighted by atomic mass is 10.1. The van der Waals surface area contributed by atoms with Crippen LogP contribution >= 0.6 is 0 Å². The highest BCUT2D eigenvalue weighted by atomic mass is 16.2. The average Bonchev–Trinajstić information content (AvgIpc) is 3.25. The Morgan fingerprint density at radius 2 is 2.00 bits per heavy atom. The van der Waals surface area contributed by atoms with Gasteiger partial charge in [-0.25, -0.2) is 0 Å². The van der Waals surface area contributed by atoms with Crippen LogP contribution in [0.25, 0.3) is 0 Å². The molecule has 0 unspecified atom stereocenters. The first kappa shape index (κ1) is 19.5. The standard InChI is InChI=1S/C18H30N8O/c1-4-16-14(2)22-26(15(16)3)10-7-20-18(27)17-13-25(23-21-17)12-11-24-8-5-19-6-9-24/h13,19H,4-12H2,1-3H3,(H,20,27). The van der Waals surface area contributed by atoms with Gasteiger partial charge in [0, 0.05) is 45.0 Å². The number of aromatic nitrogens is 5. The second kappa shape index (κ2) is 9.09. The fourth-order valence-corrected chi connectivity index (χ4v) is 3.52. The summed E-state index contributed by atoms with van der Waals surface area (Å²) >= 11 is 0. The number of hydrogen-bond donors (Lipinski definition) is 2. The summed E-state index contributed by atoms with van der Waals surface area (Å²) in [5.41, 5.74) is 3.88. The van der Waals surface area contributed by atoms with E-state index in [1.807, 2.05) is 11.6 Å². The van der Waals surface area contributed by atoms with Gasteiger partial charge in [0.25, 0.3) is 5.91 Å². The van der Waals surface area contributed by atoms with E-state index in [4.69, 9.17) is 0 Å². The smallest absolute Gasteiger partial charge is 0.273 e. The summed E-state index contributed by atoms with van der Waals surface area (Å²) in [6.45, 7) is 13.2. The molecule has 1 fully saturated rings. The van der Waals surface area contributed by atoms with E-state index >= 15 is 0 Å². The van der Waals surface area contributed by atoms with E-state index in [0.29, 0.717) is 18.8 Å². The van der Waals surface area contributed by atoms with Crippen molar-refractivity contribution in [2.75, 3.05) is 39.3 Å². The Morgan fingerprint density at radius 1 is 1.22 bits per heavy atom. The molecule has 0 aromatic carbocycles. The van der Waals surface area contributed by atoms with Crippen LogP contribution in [-0.2, 0) is 19.5 Å². The minimum absolute atomic E-state index is 0.194. The number of carbonyl (C=O) groups excluding carboxylic acids is 1. The minimum atomic E-state index is -0.194. The van der Waals surface area contributed by atoms with Crippen molar-refractivity contribution in [1.29, 1.82) is 0 Å². The zero-order valence-electron chi connectivity index (χ0n) is 16.5. The number of carbonyl (C=O) groups is 1. The predicted molar refractivity (Wildman–Crippen MR) is 103 cm³/mol. The molecule has 0 spiro atoms. The van der Waals surface area contributed by atoms with Gasteiger partial charge >= 0.3 is 0 Å². The Bertz CT molecular complexity index is 759. The van der Waals surface area contributed by atoms with Gasteiger partial charge in [-0.05, 0) is 25.8 Å². The van der Waals surface area contributed by atoms with Crippen LogP contribution in [-0.4, -0.2) is 74.8 Å². The molecule has 1 amide bonds. The summed E-state index contributed by atoms with van der Waals surface area (Å²) in [7, 11) is 0. The molecule has 1 saturated heterocycles. The average molecular weight is 374 g/mol. The van der Waals surface area contributed by atoms with E-state index in [1.165, 1.54) is 11.3 Å². The van der Waals surface area contributed by atoms with Crippen LogP contribution < -0.4 is 10.6 Å². The van der Waals surface area contributed by atoms with Crippen LogP contribution in [0.4, 0.5) is 0 Å². The Balaban J connectivity index is 1.45. The molecule has 2 N–H and O–H groups in total. The lowest BCUT2D eigenvalue weighted by molar-refractivity contribution is 0.0946. The maximum absolute atomic E-state index is 12.3. The topological polar surface area (TPSA) is 92.9 Å². The van der Waals surface area contributed by atoms with Crippen LogP contribution in [0, 0.1) is 13.8 Å². The normalized spacial score (nSPS) is 15.2. The quantitative estimate of drug-likeness (QED) is 0.675. The van der Waals surface area contributed by atoms with Gasteiger partial charge in [0.15, 0.2) is 5.69 Å². The van der Waals surface area contributed by atoms with Gasteiger partial charge in [-0.15, -0.1) is 5.10 Å². The van der Waals surface area contributed by atoms with Crippen LogP contribution in [0.5, 0.6) is 0 Å². The Morgan fingerprint density at radius 3 is 2.70 bits per heavy atom. The van der Waals surface area contributed by atoms with E-state index in [2.05, 4.69) is 44.8 Å². The largest absolute Gasteiger partial charge is 0.349 e. The molecule has 3 heterocycles. The number of aryl methyl sites for hydroxylation is 1. The second-order valence-electron chi connectivity index (χ2n) is 6.94. The molecule has 9 heteroatoms. The van der Waals surface area contributed by atoms with E-state index in [1.54, 1.807) is 10.9 Å². The Hall–Kier alpha value is -2.26. The molecular formula is C18H30N8O. The highest BCUT2D eigenvalue weighted by Gasteiger charge is 2.14. The Kier molecular flexibility index (Phi) is 6.57. The van der Waals surface area contributed by atoms with E-state index in [-0.39, 0.29) is 5.91 Å². The van der Waals surface area contributed by atoms with Gasteiger partial charge in [0.05, 0.1) is 25.0 Å². The highest BCUT2D eigenvalue weighted by Crippen LogP contribution is 2.12. The summed E-state index contributed by atoms with van der Waals surface area (Å²) in [4.78, 5) is 14.7. The number of hydrogen-bond acceptors (Lipinski definition) is 6. The number of nitrogens with zero attached hydrogens (tertiary/aromatic N) is 6. The molecule has 9 nitrogen and oxygen atoms in total. The monoisotopic (exact) mass is 374 g/mol. The predicted octanol–water partition coefficient (Wildman–Crippen LogP) is -0.0110. The summed E-state index contributed by atoms with van der Waals surface area (Å²) < 4.78 is 3.70. The first-order chi connectivity index (χ1) is 13.1. The highest BCUT2D eigenvalue weighted by molar-refractivity contribution is 5.91. The van der Waals surface area contributed by atoms with Gasteiger partial charge in [-0.1, -0.05) is 12.1 Å². The molecule has 1 aliphatic heterocycles. The fourth-order valence-electron chi connectivity index (χ4n) is 3.52. The van der Waals surface area contributed by atoms with Crippen LogP contribution in [0.15, 0.2) is 6.20 Å². The van der Waals surface area contributed by atoms with Crippen LogP contribution in [0.3, 0.4) is 0 Å². The third kappa shape index (κ3) is 4.92. The van der Waals surface area contributed by atoms with Crippen molar-refractivity contribution in [1.82, 2.24) is 40.3 Å². The molecule has 2 aromatic heterocycles. The van der Waals surface area contributed by atoms with Crippen molar-refractivity contribution in [2.24, 2.45) is 0 Å². The molecule has 0 bridgehead atoms. The van der Waals surface area contributed by atoms with Crippen molar-refractivity contribution in [3.8, 4) is 0 Å². The number of piperazine rings is 1. The Labute approximate surface area is 160 Å². The molecule has 0 radical (unpaired) electrons. The maximum Gasteiger partial charge on any atom is 0.273 e. The number of nitrogens with one attached hydrogen (secondary N) is 2. The summed E-state index contributed by atoms with van der Waals surface area (Å²) in [5, 5.41) is 18.9. The second-order valence-corrected chi connectivity index (χ2v) is 6.94. The molecule has 27 heavy (non-hydrogen) atoms. The lowest BCUT2D eigenvalue weighted by Gasteiger charge is -2.26. The fraction of sp³-hybridized carbons (Fsp3) is 0.667.